The van der Waals surface area contributed by atoms with Gasteiger partial charge in [-0.05, 0) is 56.7 Å². The SMILES string of the molecule is C=CC(=N/C=C\C)NC(=O)c1ccc(-c2nc(C3CC4CC4N3C(=O)C#CC)n3ccnc(N)c23)cc1. The molecule has 3 N–H and O–H groups in total. The standard InChI is InChI=1S/C28H27N7O2/c1-4-7-23(36)35-20-15-19(20)16-21(35)27-33-24(25-26(29)31-13-14-34(25)27)17-8-10-18(11-9-17)28(37)32-22(6-3)30-12-5-2/h5-6,8-14,19-21H,3,15-16H2,1-2H3,(H2,29,31)(H,30,32,37)/b12-5-. The third-order valence-corrected chi connectivity index (χ3v) is 6.70. The molecule has 186 valence electrons. The molecule has 5 rings (SSSR count). The predicted molar refractivity (Wildman–Crippen MR) is 142 cm³/mol. The molecule has 0 spiro atoms. The Hall–Kier alpha value is -4.71. The number of nitrogens with one attached hydrogen (secondary N) is 1. The molecule has 3 atom stereocenters. The minimum Gasteiger partial charge on any atom is -0.382 e. The van der Waals surface area contributed by atoms with Crippen molar-refractivity contribution in [2.75, 3.05) is 5.73 Å². The molecule has 9 nitrogen and oxygen atoms in total. The summed E-state index contributed by atoms with van der Waals surface area (Å²) in [6, 6.07) is 7.09. The van der Waals surface area contributed by atoms with Gasteiger partial charge in [0.25, 0.3) is 11.8 Å². The minimum atomic E-state index is -0.303. The summed E-state index contributed by atoms with van der Waals surface area (Å²) in [5, 5.41) is 2.73. The number of carbonyl (C=O) groups excluding carboxylic acids is 2. The quantitative estimate of drug-likeness (QED) is 0.320. The van der Waals surface area contributed by atoms with Gasteiger partial charge in [-0.3, -0.25) is 14.0 Å². The molecular formula is C28H27N7O2. The van der Waals surface area contributed by atoms with Crippen LogP contribution in [0.15, 0.2) is 66.6 Å². The van der Waals surface area contributed by atoms with Gasteiger partial charge >= 0.3 is 0 Å². The molecule has 37 heavy (non-hydrogen) atoms. The van der Waals surface area contributed by atoms with Gasteiger partial charge in [0.15, 0.2) is 0 Å². The van der Waals surface area contributed by atoms with E-state index in [0.29, 0.717) is 34.3 Å². The Morgan fingerprint density at radius 1 is 1.27 bits per heavy atom. The number of aliphatic imine (C=N–C) groups is 1. The fourth-order valence-electron chi connectivity index (χ4n) is 4.93. The number of benzene rings is 1. The summed E-state index contributed by atoms with van der Waals surface area (Å²) >= 11 is 0. The molecule has 2 amide bonds. The zero-order valence-electron chi connectivity index (χ0n) is 20.7. The number of rotatable bonds is 5. The highest BCUT2D eigenvalue weighted by molar-refractivity contribution is 6.10. The first kappa shape index (κ1) is 24.0. The molecule has 3 heterocycles. The fraction of sp³-hybridized carbons (Fsp3) is 0.250. The molecule has 1 aliphatic carbocycles. The lowest BCUT2D eigenvalue weighted by atomic mass is 10.1. The fourth-order valence-corrected chi connectivity index (χ4v) is 4.93. The van der Waals surface area contributed by atoms with Gasteiger partial charge < -0.3 is 16.0 Å². The highest BCUT2D eigenvalue weighted by Crippen LogP contribution is 2.53. The lowest BCUT2D eigenvalue weighted by Crippen LogP contribution is -2.33. The average molecular weight is 494 g/mol. The van der Waals surface area contributed by atoms with Crippen LogP contribution in [0.2, 0.25) is 0 Å². The number of amides is 2. The van der Waals surface area contributed by atoms with E-state index in [2.05, 4.69) is 33.7 Å². The smallest absolute Gasteiger partial charge is 0.299 e. The summed E-state index contributed by atoms with van der Waals surface area (Å²) in [5.41, 5.74) is 8.85. The minimum absolute atomic E-state index is 0.176. The van der Waals surface area contributed by atoms with Crippen LogP contribution in [-0.2, 0) is 4.79 Å². The molecule has 3 aromatic rings. The van der Waals surface area contributed by atoms with Gasteiger partial charge in [-0.15, -0.1) is 0 Å². The number of hydrogen-bond acceptors (Lipinski definition) is 6. The molecule has 1 saturated carbocycles. The number of anilines is 1. The van der Waals surface area contributed by atoms with E-state index >= 15 is 0 Å². The molecule has 3 unspecified atom stereocenters. The van der Waals surface area contributed by atoms with Crippen molar-refractivity contribution in [2.45, 2.75) is 38.8 Å². The summed E-state index contributed by atoms with van der Waals surface area (Å²) in [4.78, 5) is 40.8. The Morgan fingerprint density at radius 2 is 2.05 bits per heavy atom. The van der Waals surface area contributed by atoms with Crippen molar-refractivity contribution < 1.29 is 9.59 Å². The third-order valence-electron chi connectivity index (χ3n) is 6.70. The van der Waals surface area contributed by atoms with Gasteiger partial charge in [-0.2, -0.15) is 0 Å². The number of amidine groups is 1. The average Bonchev–Trinajstić information content (AvgIpc) is 3.38. The van der Waals surface area contributed by atoms with Gasteiger partial charge in [-0.25, -0.2) is 15.0 Å². The van der Waals surface area contributed by atoms with Crippen LogP contribution >= 0.6 is 0 Å². The van der Waals surface area contributed by atoms with Gasteiger partial charge in [0, 0.05) is 35.8 Å². The normalized spacial score (nSPS) is 20.4. The second-order valence-electron chi connectivity index (χ2n) is 8.98. The van der Waals surface area contributed by atoms with Crippen LogP contribution in [-0.4, -0.2) is 43.0 Å². The summed E-state index contributed by atoms with van der Waals surface area (Å²) in [7, 11) is 0. The number of allylic oxidation sites excluding steroid dienone is 1. The van der Waals surface area contributed by atoms with E-state index in [1.54, 1.807) is 37.5 Å². The van der Waals surface area contributed by atoms with Crippen LogP contribution in [0, 0.1) is 17.8 Å². The van der Waals surface area contributed by atoms with Crippen LogP contribution in [0.3, 0.4) is 0 Å². The maximum atomic E-state index is 12.8. The zero-order chi connectivity index (χ0) is 26.1. The van der Waals surface area contributed by atoms with E-state index in [4.69, 9.17) is 10.7 Å². The molecule has 9 heteroatoms. The summed E-state index contributed by atoms with van der Waals surface area (Å²) in [5.74, 6) is 6.84. The third kappa shape index (κ3) is 4.38. The largest absolute Gasteiger partial charge is 0.382 e. The van der Waals surface area contributed by atoms with Crippen LogP contribution in [0.25, 0.3) is 16.8 Å². The van der Waals surface area contributed by atoms with Gasteiger partial charge in [0.1, 0.15) is 28.7 Å². The van der Waals surface area contributed by atoms with Crippen LogP contribution < -0.4 is 11.1 Å². The van der Waals surface area contributed by atoms with Crippen molar-refractivity contribution in [3.05, 3.63) is 73.0 Å². The predicted octanol–water partition coefficient (Wildman–Crippen LogP) is 3.51. The molecule has 2 aliphatic rings. The first-order chi connectivity index (χ1) is 18.0. The number of carbonyl (C=O) groups is 2. The second kappa shape index (κ2) is 9.74. The Kier molecular flexibility index (Phi) is 6.32. The summed E-state index contributed by atoms with van der Waals surface area (Å²) in [6.45, 7) is 7.18. The van der Waals surface area contributed by atoms with E-state index in [-0.39, 0.29) is 23.9 Å². The lowest BCUT2D eigenvalue weighted by molar-refractivity contribution is -0.127. The number of likely N-dealkylation sites (tertiary alicyclic amines) is 1. The maximum Gasteiger partial charge on any atom is 0.299 e. The van der Waals surface area contributed by atoms with Gasteiger partial charge in [0.2, 0.25) is 0 Å². The van der Waals surface area contributed by atoms with E-state index in [1.165, 1.54) is 6.08 Å². The van der Waals surface area contributed by atoms with Gasteiger partial charge in [-0.1, -0.05) is 30.7 Å². The topological polar surface area (TPSA) is 118 Å². The molecule has 1 saturated heterocycles. The second-order valence-corrected chi connectivity index (χ2v) is 8.98. The number of nitrogens with two attached hydrogens (primary N) is 1. The van der Waals surface area contributed by atoms with E-state index in [0.717, 1.165) is 24.2 Å². The van der Waals surface area contributed by atoms with E-state index < -0.39 is 0 Å². The van der Waals surface area contributed by atoms with Crippen LogP contribution in [0.4, 0.5) is 5.82 Å². The lowest BCUT2D eigenvalue weighted by Gasteiger charge is -2.24. The Bertz CT molecular complexity index is 1520. The Balaban J connectivity index is 1.50. The Labute approximate surface area is 214 Å². The zero-order valence-corrected chi connectivity index (χ0v) is 20.7. The van der Waals surface area contributed by atoms with Crippen molar-refractivity contribution in [3.63, 3.8) is 0 Å². The molecule has 2 aromatic heterocycles. The van der Waals surface area contributed by atoms with E-state index in [1.807, 2.05) is 34.6 Å². The number of imidazole rings is 1. The maximum absolute atomic E-state index is 12.8. The number of nitrogen functional groups attached to an aromatic ring is 1. The number of piperidine rings is 1. The van der Waals surface area contributed by atoms with Crippen LogP contribution in [0.1, 0.15) is 48.9 Å². The van der Waals surface area contributed by atoms with Crippen molar-refractivity contribution in [1.82, 2.24) is 24.6 Å². The monoisotopic (exact) mass is 493 g/mol. The van der Waals surface area contributed by atoms with Crippen molar-refractivity contribution in [1.29, 1.82) is 0 Å². The number of hydrogen-bond donors (Lipinski definition) is 2. The van der Waals surface area contributed by atoms with Gasteiger partial charge in [0.05, 0.1) is 6.04 Å². The summed E-state index contributed by atoms with van der Waals surface area (Å²) < 4.78 is 1.92. The van der Waals surface area contributed by atoms with Crippen molar-refractivity contribution >= 4 is 29.0 Å². The molecule has 2 fully saturated rings. The highest BCUT2D eigenvalue weighted by atomic mass is 16.2. The number of nitrogens with zero attached hydrogens (tertiary/aromatic N) is 5. The molecule has 1 aromatic carbocycles. The Morgan fingerprint density at radius 3 is 2.76 bits per heavy atom. The van der Waals surface area contributed by atoms with Crippen molar-refractivity contribution in [3.8, 4) is 23.1 Å². The number of aromatic nitrogens is 3. The number of fused-ring (bicyclic) bond motifs is 2. The first-order valence-electron chi connectivity index (χ1n) is 12.1. The summed E-state index contributed by atoms with van der Waals surface area (Å²) in [6.07, 6.45) is 10.1. The molecule has 1 aliphatic heterocycles. The first-order valence-corrected chi connectivity index (χ1v) is 12.1. The molecular weight excluding hydrogens is 466 g/mol. The highest BCUT2D eigenvalue weighted by Gasteiger charge is 2.55. The van der Waals surface area contributed by atoms with E-state index in [9.17, 15) is 9.59 Å². The van der Waals surface area contributed by atoms with Crippen molar-refractivity contribution in [2.24, 2.45) is 10.9 Å². The molecule has 0 radical (unpaired) electrons. The molecule has 0 bridgehead atoms. The van der Waals surface area contributed by atoms with Crippen LogP contribution in [0.5, 0.6) is 0 Å².